The quantitative estimate of drug-likeness (QED) is 0.759. The van der Waals surface area contributed by atoms with Crippen LogP contribution in [0.1, 0.15) is 33.6 Å². The summed E-state index contributed by atoms with van der Waals surface area (Å²) in [6.07, 6.45) is 1.46. The number of amides is 1. The lowest BCUT2D eigenvalue weighted by Gasteiger charge is -2.28. The minimum Gasteiger partial charge on any atom is -0.481 e. The normalized spacial score (nSPS) is 27.9. The number of hydrogen-bond donors (Lipinski definition) is 2. The highest BCUT2D eigenvalue weighted by Gasteiger charge is 2.41. The number of hydrogen-bond acceptors (Lipinski definition) is 3. The third-order valence-corrected chi connectivity index (χ3v) is 3.47. The van der Waals surface area contributed by atoms with Crippen LogP contribution >= 0.6 is 0 Å². The van der Waals surface area contributed by atoms with Crippen molar-refractivity contribution in [2.75, 3.05) is 13.1 Å². The van der Waals surface area contributed by atoms with Gasteiger partial charge < -0.3 is 15.7 Å². The van der Waals surface area contributed by atoms with Gasteiger partial charge in [0, 0.05) is 13.1 Å². The minimum atomic E-state index is -0.873. The largest absolute Gasteiger partial charge is 0.481 e. The van der Waals surface area contributed by atoms with E-state index in [-0.39, 0.29) is 18.4 Å². The molecule has 3 N–H and O–H groups in total. The van der Waals surface area contributed by atoms with E-state index in [1.165, 1.54) is 0 Å². The van der Waals surface area contributed by atoms with Crippen LogP contribution in [0.2, 0.25) is 0 Å². The van der Waals surface area contributed by atoms with Gasteiger partial charge in [-0.3, -0.25) is 9.59 Å². The number of nitrogens with two attached hydrogens (primary N) is 1. The zero-order valence-corrected chi connectivity index (χ0v) is 10.8. The maximum absolute atomic E-state index is 12.2. The van der Waals surface area contributed by atoms with Crippen LogP contribution in [0.4, 0.5) is 0 Å². The van der Waals surface area contributed by atoms with Gasteiger partial charge in [0.15, 0.2) is 0 Å². The maximum Gasteiger partial charge on any atom is 0.308 e. The summed E-state index contributed by atoms with van der Waals surface area (Å²) in [5.74, 6) is -1.43. The molecule has 1 heterocycles. The molecule has 1 aliphatic heterocycles. The summed E-state index contributed by atoms with van der Waals surface area (Å²) in [6.45, 7) is 6.33. The van der Waals surface area contributed by atoms with E-state index in [9.17, 15) is 9.59 Å². The molecule has 1 rings (SSSR count). The van der Waals surface area contributed by atoms with Crippen LogP contribution in [-0.2, 0) is 9.59 Å². The second kappa shape index (κ2) is 5.04. The monoisotopic (exact) mass is 242 g/mol. The second-order valence-electron chi connectivity index (χ2n) is 5.30. The molecule has 17 heavy (non-hydrogen) atoms. The van der Waals surface area contributed by atoms with Crippen LogP contribution in [0.15, 0.2) is 0 Å². The first kappa shape index (κ1) is 14.0. The van der Waals surface area contributed by atoms with Crippen molar-refractivity contribution in [1.29, 1.82) is 0 Å². The van der Waals surface area contributed by atoms with Gasteiger partial charge in [0.05, 0.1) is 11.5 Å². The molecule has 1 fully saturated rings. The Morgan fingerprint density at radius 2 is 2.06 bits per heavy atom. The van der Waals surface area contributed by atoms with Crippen molar-refractivity contribution in [3.8, 4) is 0 Å². The highest BCUT2D eigenvalue weighted by Crippen LogP contribution is 2.25. The molecule has 0 spiro atoms. The Labute approximate surface area is 102 Å². The van der Waals surface area contributed by atoms with Gasteiger partial charge in [0.2, 0.25) is 5.91 Å². The molecule has 0 aliphatic carbocycles. The molecular weight excluding hydrogens is 220 g/mol. The van der Waals surface area contributed by atoms with E-state index in [4.69, 9.17) is 10.8 Å². The number of likely N-dealkylation sites (tertiary alicyclic amines) is 1. The highest BCUT2D eigenvalue weighted by molar-refractivity contribution is 5.86. The Hall–Kier alpha value is -1.10. The van der Waals surface area contributed by atoms with E-state index in [0.717, 1.165) is 6.42 Å². The number of nitrogens with zero attached hydrogens (tertiary/aromatic N) is 1. The van der Waals surface area contributed by atoms with Gasteiger partial charge in [-0.05, 0) is 19.3 Å². The summed E-state index contributed by atoms with van der Waals surface area (Å²) in [4.78, 5) is 24.8. The lowest BCUT2D eigenvalue weighted by atomic mass is 9.96. The molecule has 0 saturated carbocycles. The van der Waals surface area contributed by atoms with Crippen molar-refractivity contribution in [2.24, 2.45) is 17.6 Å². The maximum atomic E-state index is 12.2. The highest BCUT2D eigenvalue weighted by atomic mass is 16.4. The van der Waals surface area contributed by atoms with E-state index in [2.05, 4.69) is 0 Å². The molecule has 0 aromatic carbocycles. The first-order valence-corrected chi connectivity index (χ1v) is 6.10. The summed E-state index contributed by atoms with van der Waals surface area (Å²) < 4.78 is 0. The minimum absolute atomic E-state index is 0.00567. The van der Waals surface area contributed by atoms with Crippen molar-refractivity contribution in [3.63, 3.8) is 0 Å². The molecule has 0 bridgehead atoms. The Balaban J connectivity index is 2.70. The van der Waals surface area contributed by atoms with Gasteiger partial charge >= 0.3 is 5.97 Å². The van der Waals surface area contributed by atoms with Crippen LogP contribution in [0.5, 0.6) is 0 Å². The van der Waals surface area contributed by atoms with Gasteiger partial charge in [-0.1, -0.05) is 20.3 Å². The Morgan fingerprint density at radius 1 is 1.47 bits per heavy atom. The lowest BCUT2D eigenvalue weighted by molar-refractivity contribution is -0.142. The average molecular weight is 242 g/mol. The standard InChI is InChI=1S/C12H22N2O3/c1-4-5-12(3,13)11(17)14-6-8(2)9(7-14)10(15)16/h8-9H,4-7,13H2,1-3H3,(H,15,16). The van der Waals surface area contributed by atoms with Crippen molar-refractivity contribution in [3.05, 3.63) is 0 Å². The van der Waals surface area contributed by atoms with Crippen LogP contribution in [0.3, 0.4) is 0 Å². The molecule has 5 heteroatoms. The SMILES string of the molecule is CCCC(C)(N)C(=O)N1CC(C)C(C(=O)O)C1. The molecule has 0 radical (unpaired) electrons. The van der Waals surface area contributed by atoms with E-state index in [1.807, 2.05) is 13.8 Å². The van der Waals surface area contributed by atoms with E-state index < -0.39 is 17.4 Å². The third kappa shape index (κ3) is 2.97. The first-order chi connectivity index (χ1) is 7.79. The molecule has 0 aromatic heterocycles. The van der Waals surface area contributed by atoms with Crippen molar-refractivity contribution < 1.29 is 14.7 Å². The van der Waals surface area contributed by atoms with Crippen LogP contribution in [0, 0.1) is 11.8 Å². The van der Waals surface area contributed by atoms with Crippen molar-refractivity contribution in [2.45, 2.75) is 39.2 Å². The van der Waals surface area contributed by atoms with Gasteiger partial charge in [-0.25, -0.2) is 0 Å². The van der Waals surface area contributed by atoms with Crippen molar-refractivity contribution in [1.82, 2.24) is 4.90 Å². The Kier molecular flexibility index (Phi) is 4.14. The summed E-state index contributed by atoms with van der Waals surface area (Å²) >= 11 is 0. The fraction of sp³-hybridized carbons (Fsp3) is 0.833. The summed E-state index contributed by atoms with van der Waals surface area (Å²) in [5, 5.41) is 9.02. The fourth-order valence-electron chi connectivity index (χ4n) is 2.44. The smallest absolute Gasteiger partial charge is 0.308 e. The number of carboxylic acids is 1. The van der Waals surface area contributed by atoms with Gasteiger partial charge in [-0.2, -0.15) is 0 Å². The molecule has 98 valence electrons. The first-order valence-electron chi connectivity index (χ1n) is 6.10. The van der Waals surface area contributed by atoms with Crippen LogP contribution in [0.25, 0.3) is 0 Å². The molecular formula is C12H22N2O3. The molecule has 1 amide bonds. The van der Waals surface area contributed by atoms with E-state index in [0.29, 0.717) is 13.0 Å². The average Bonchev–Trinajstić information content (AvgIpc) is 2.59. The lowest BCUT2D eigenvalue weighted by Crippen LogP contribution is -2.52. The summed E-state index contributed by atoms with van der Waals surface area (Å²) in [6, 6.07) is 0. The van der Waals surface area contributed by atoms with Crippen LogP contribution < -0.4 is 5.73 Å². The zero-order valence-electron chi connectivity index (χ0n) is 10.8. The molecule has 5 nitrogen and oxygen atoms in total. The Morgan fingerprint density at radius 3 is 2.47 bits per heavy atom. The number of rotatable bonds is 4. The molecule has 1 aliphatic rings. The molecule has 3 atom stereocenters. The molecule has 3 unspecified atom stereocenters. The molecule has 0 aromatic rings. The molecule has 1 saturated heterocycles. The topological polar surface area (TPSA) is 83.6 Å². The van der Waals surface area contributed by atoms with Gasteiger partial charge in [0.1, 0.15) is 0 Å². The summed E-state index contributed by atoms with van der Waals surface area (Å²) in [7, 11) is 0. The number of aliphatic carboxylic acids is 1. The van der Waals surface area contributed by atoms with Gasteiger partial charge in [0.25, 0.3) is 0 Å². The second-order valence-corrected chi connectivity index (χ2v) is 5.30. The fourth-order valence-corrected chi connectivity index (χ4v) is 2.44. The van der Waals surface area contributed by atoms with Gasteiger partial charge in [-0.15, -0.1) is 0 Å². The summed E-state index contributed by atoms with van der Waals surface area (Å²) in [5.41, 5.74) is 5.11. The number of carboxylic acid groups (broad SMARTS) is 1. The Bertz CT molecular complexity index is 315. The predicted octanol–water partition coefficient (Wildman–Crippen LogP) is 0.683. The zero-order chi connectivity index (χ0) is 13.2. The number of carbonyl (C=O) groups excluding carboxylic acids is 1. The third-order valence-electron chi connectivity index (χ3n) is 3.47. The van der Waals surface area contributed by atoms with Crippen LogP contribution in [-0.4, -0.2) is 40.5 Å². The van der Waals surface area contributed by atoms with E-state index >= 15 is 0 Å². The van der Waals surface area contributed by atoms with E-state index in [1.54, 1.807) is 11.8 Å². The van der Waals surface area contributed by atoms with Crippen molar-refractivity contribution >= 4 is 11.9 Å². The number of carbonyl (C=O) groups is 2. The predicted molar refractivity (Wildman–Crippen MR) is 64.4 cm³/mol.